The lowest BCUT2D eigenvalue weighted by Gasteiger charge is -2.32. The fourth-order valence-corrected chi connectivity index (χ4v) is 8.29. The maximum absolute atomic E-state index is 12.6. The van der Waals surface area contributed by atoms with Crippen LogP contribution in [0.5, 0.6) is 0 Å². The van der Waals surface area contributed by atoms with Gasteiger partial charge >= 0.3 is 0 Å². The van der Waals surface area contributed by atoms with Crippen LogP contribution in [0.2, 0.25) is 18.1 Å². The number of carbonyl (C=O) groups is 1. The van der Waals surface area contributed by atoms with Gasteiger partial charge in [-0.25, -0.2) is 0 Å². The highest BCUT2D eigenvalue weighted by Gasteiger charge is 2.36. The normalized spacial score (nSPS) is 11.7. The molecule has 0 saturated carbocycles. The van der Waals surface area contributed by atoms with Crippen molar-refractivity contribution in [1.82, 2.24) is 0 Å². The standard InChI is InChI=1S/C24H50O2Si/c1-5-9-13-17-21-27(22-18-14-10-6-2,23-19-15-11-7-3)26-24(25)20-16-12-8-4/h5-23H2,1-4H3. The van der Waals surface area contributed by atoms with Gasteiger partial charge in [-0.05, 0) is 24.6 Å². The van der Waals surface area contributed by atoms with Crippen molar-refractivity contribution in [2.24, 2.45) is 0 Å². The Morgan fingerprint density at radius 3 is 1.30 bits per heavy atom. The predicted molar refractivity (Wildman–Crippen MR) is 123 cm³/mol. The van der Waals surface area contributed by atoms with Crippen molar-refractivity contribution in [2.45, 2.75) is 149 Å². The maximum atomic E-state index is 12.6. The quantitative estimate of drug-likeness (QED) is 0.151. The Morgan fingerprint density at radius 1 is 0.556 bits per heavy atom. The fraction of sp³-hybridized carbons (Fsp3) is 0.958. The summed E-state index contributed by atoms with van der Waals surface area (Å²) in [6.45, 7) is 9.01. The highest BCUT2D eigenvalue weighted by atomic mass is 28.4. The van der Waals surface area contributed by atoms with E-state index >= 15 is 0 Å². The summed E-state index contributed by atoms with van der Waals surface area (Å²) in [5.74, 6) is 0.122. The average Bonchev–Trinajstić information content (AvgIpc) is 2.66. The lowest BCUT2D eigenvalue weighted by Crippen LogP contribution is -2.40. The molecule has 0 spiro atoms. The van der Waals surface area contributed by atoms with Crippen molar-refractivity contribution in [3.63, 3.8) is 0 Å². The number of hydrogen-bond acceptors (Lipinski definition) is 2. The summed E-state index contributed by atoms with van der Waals surface area (Å²) in [5, 5.41) is 0. The predicted octanol–water partition coefficient (Wildman–Crippen LogP) is 8.80. The fourth-order valence-electron chi connectivity index (χ4n) is 3.96. The molecule has 0 aliphatic heterocycles. The third kappa shape index (κ3) is 15.3. The summed E-state index contributed by atoms with van der Waals surface area (Å²) in [5.41, 5.74) is 0. The van der Waals surface area contributed by atoms with Gasteiger partial charge < -0.3 is 4.43 Å². The molecule has 0 aromatic rings. The first-order chi connectivity index (χ1) is 13.1. The highest BCUT2D eigenvalue weighted by Crippen LogP contribution is 2.31. The van der Waals surface area contributed by atoms with Crippen molar-refractivity contribution < 1.29 is 9.22 Å². The third-order valence-electron chi connectivity index (χ3n) is 5.77. The molecule has 0 atom stereocenters. The summed E-state index contributed by atoms with van der Waals surface area (Å²) in [4.78, 5) is 12.6. The van der Waals surface area contributed by atoms with Gasteiger partial charge in [0.05, 0.1) is 0 Å². The minimum absolute atomic E-state index is 0.122. The smallest absolute Gasteiger partial charge is 0.292 e. The van der Waals surface area contributed by atoms with Crippen molar-refractivity contribution in [3.8, 4) is 0 Å². The second kappa shape index (κ2) is 19.0. The maximum Gasteiger partial charge on any atom is 0.292 e. The van der Waals surface area contributed by atoms with E-state index in [1.807, 2.05) is 0 Å². The van der Waals surface area contributed by atoms with E-state index in [-0.39, 0.29) is 5.97 Å². The number of rotatable bonds is 20. The Morgan fingerprint density at radius 2 is 0.926 bits per heavy atom. The van der Waals surface area contributed by atoms with Gasteiger partial charge in [0.1, 0.15) is 0 Å². The van der Waals surface area contributed by atoms with Crippen LogP contribution in [0.1, 0.15) is 130 Å². The molecule has 0 amide bonds. The molecule has 0 N–H and O–H groups in total. The second-order valence-electron chi connectivity index (χ2n) is 8.55. The molecular weight excluding hydrogens is 348 g/mol. The first kappa shape index (κ1) is 26.7. The van der Waals surface area contributed by atoms with Gasteiger partial charge in [-0.2, -0.15) is 0 Å². The Balaban J connectivity index is 4.88. The molecule has 0 aliphatic rings. The molecule has 0 saturated heterocycles. The van der Waals surface area contributed by atoms with Crippen molar-refractivity contribution in [2.75, 3.05) is 0 Å². The molecule has 0 rings (SSSR count). The molecule has 0 unspecified atom stereocenters. The topological polar surface area (TPSA) is 26.3 Å². The van der Waals surface area contributed by atoms with E-state index < -0.39 is 8.32 Å². The van der Waals surface area contributed by atoms with Crippen LogP contribution in [-0.2, 0) is 9.22 Å². The molecule has 0 aromatic heterocycles. The molecule has 0 fully saturated rings. The van der Waals surface area contributed by atoms with E-state index in [1.165, 1.54) is 102 Å². The van der Waals surface area contributed by atoms with E-state index in [1.54, 1.807) is 0 Å². The lowest BCUT2D eigenvalue weighted by molar-refractivity contribution is -0.135. The molecular formula is C24H50O2Si. The molecule has 2 nitrogen and oxygen atoms in total. The molecule has 0 radical (unpaired) electrons. The van der Waals surface area contributed by atoms with E-state index in [2.05, 4.69) is 27.7 Å². The van der Waals surface area contributed by atoms with E-state index in [4.69, 9.17) is 4.43 Å². The van der Waals surface area contributed by atoms with E-state index in [9.17, 15) is 4.79 Å². The number of unbranched alkanes of at least 4 members (excludes halogenated alkanes) is 11. The van der Waals surface area contributed by atoms with Crippen molar-refractivity contribution in [3.05, 3.63) is 0 Å². The Hall–Kier alpha value is -0.313. The van der Waals surface area contributed by atoms with Crippen LogP contribution in [0.3, 0.4) is 0 Å². The van der Waals surface area contributed by atoms with Crippen molar-refractivity contribution in [1.29, 1.82) is 0 Å². The molecule has 0 bridgehead atoms. The van der Waals surface area contributed by atoms with Gasteiger partial charge in [0.25, 0.3) is 14.3 Å². The van der Waals surface area contributed by atoms with Crippen LogP contribution >= 0.6 is 0 Å². The van der Waals surface area contributed by atoms with Crippen LogP contribution in [0.15, 0.2) is 0 Å². The molecule has 3 heteroatoms. The van der Waals surface area contributed by atoms with E-state index in [0.717, 1.165) is 12.8 Å². The van der Waals surface area contributed by atoms with Gasteiger partial charge in [0.2, 0.25) is 0 Å². The van der Waals surface area contributed by atoms with Crippen LogP contribution in [0.25, 0.3) is 0 Å². The summed E-state index contributed by atoms with van der Waals surface area (Å²) in [6, 6.07) is 3.64. The molecule has 0 aliphatic carbocycles. The van der Waals surface area contributed by atoms with Crippen molar-refractivity contribution >= 4 is 14.3 Å². The lowest BCUT2D eigenvalue weighted by atomic mass is 10.2. The van der Waals surface area contributed by atoms with Crippen LogP contribution in [-0.4, -0.2) is 14.3 Å². The highest BCUT2D eigenvalue weighted by molar-refractivity contribution is 6.75. The summed E-state index contributed by atoms with van der Waals surface area (Å²) < 4.78 is 6.43. The van der Waals surface area contributed by atoms with Crippen LogP contribution < -0.4 is 0 Å². The molecule has 162 valence electrons. The number of hydrogen-bond donors (Lipinski definition) is 0. The van der Waals surface area contributed by atoms with Crippen LogP contribution in [0.4, 0.5) is 0 Å². The Kier molecular flexibility index (Phi) is 18.8. The monoisotopic (exact) mass is 398 g/mol. The first-order valence-corrected chi connectivity index (χ1v) is 14.9. The second-order valence-corrected chi connectivity index (χ2v) is 12.6. The minimum atomic E-state index is -1.92. The third-order valence-corrected chi connectivity index (χ3v) is 10.2. The minimum Gasteiger partial charge on any atom is -0.519 e. The molecule has 0 aromatic carbocycles. The zero-order valence-electron chi connectivity index (χ0n) is 19.3. The summed E-state index contributed by atoms with van der Waals surface area (Å²) in [6.07, 6.45) is 19.5. The molecule has 27 heavy (non-hydrogen) atoms. The Bertz CT molecular complexity index is 299. The van der Waals surface area contributed by atoms with Gasteiger partial charge in [-0.15, -0.1) is 0 Å². The zero-order valence-corrected chi connectivity index (χ0v) is 20.3. The van der Waals surface area contributed by atoms with E-state index in [0.29, 0.717) is 6.42 Å². The van der Waals surface area contributed by atoms with Gasteiger partial charge in [-0.1, -0.05) is 118 Å². The first-order valence-electron chi connectivity index (χ1n) is 12.4. The van der Waals surface area contributed by atoms with Gasteiger partial charge in [0, 0.05) is 6.42 Å². The number of carbonyl (C=O) groups excluding carboxylic acids is 1. The van der Waals surface area contributed by atoms with Crippen LogP contribution in [0, 0.1) is 0 Å². The summed E-state index contributed by atoms with van der Waals surface area (Å²) >= 11 is 0. The molecule has 0 heterocycles. The Labute approximate surface area is 172 Å². The van der Waals surface area contributed by atoms with Gasteiger partial charge in [-0.3, -0.25) is 4.79 Å². The zero-order chi connectivity index (χ0) is 20.2. The largest absolute Gasteiger partial charge is 0.519 e. The summed E-state index contributed by atoms with van der Waals surface area (Å²) in [7, 11) is -1.92. The van der Waals surface area contributed by atoms with Gasteiger partial charge in [0.15, 0.2) is 0 Å². The average molecular weight is 399 g/mol. The SMILES string of the molecule is CCCCCC[Si](CCCCCC)(CCCCCC)OC(=O)CCCCC.